The first kappa shape index (κ1) is 14.2. The summed E-state index contributed by atoms with van der Waals surface area (Å²) in [6, 6.07) is 4.09. The van der Waals surface area contributed by atoms with Crippen LogP contribution in [0.25, 0.3) is 0 Å². The number of carboxylic acids is 1. The van der Waals surface area contributed by atoms with Crippen LogP contribution in [-0.2, 0) is 16.6 Å². The summed E-state index contributed by atoms with van der Waals surface area (Å²) in [4.78, 5) is 14.7. The topological polar surface area (TPSA) is 125 Å². The molecule has 0 bridgehead atoms. The second kappa shape index (κ2) is 5.39. The molecule has 0 spiro atoms. The van der Waals surface area contributed by atoms with E-state index < -0.39 is 16.0 Å². The van der Waals surface area contributed by atoms with E-state index in [0.29, 0.717) is 5.82 Å². The van der Waals surface area contributed by atoms with Crippen LogP contribution in [0.1, 0.15) is 21.7 Å². The first-order chi connectivity index (χ1) is 9.42. The summed E-state index contributed by atoms with van der Waals surface area (Å²) in [5.74, 6) is -0.810. The largest absolute Gasteiger partial charge is 0.478 e. The van der Waals surface area contributed by atoms with Gasteiger partial charge in [-0.15, -0.1) is 0 Å². The number of nitrogens with one attached hydrogen (secondary N) is 2. The van der Waals surface area contributed by atoms with Crippen LogP contribution in [-0.4, -0.2) is 34.7 Å². The highest BCUT2D eigenvalue weighted by atomic mass is 32.2. The van der Waals surface area contributed by atoms with E-state index in [1.807, 2.05) is 0 Å². The summed E-state index contributed by atoms with van der Waals surface area (Å²) in [6.07, 6.45) is 1.26. The molecule has 0 saturated carbocycles. The normalized spacial score (nSPS) is 11.4. The molecule has 0 aliphatic heterocycles. The molecule has 0 atom stereocenters. The predicted molar refractivity (Wildman–Crippen MR) is 68.5 cm³/mol. The molecule has 106 valence electrons. The Hall–Kier alpha value is -2.26. The minimum Gasteiger partial charge on any atom is -0.478 e. The van der Waals surface area contributed by atoms with Crippen LogP contribution < -0.4 is 4.72 Å². The number of benzene rings is 1. The van der Waals surface area contributed by atoms with Crippen molar-refractivity contribution in [1.82, 2.24) is 19.9 Å². The van der Waals surface area contributed by atoms with E-state index in [1.165, 1.54) is 31.5 Å². The summed E-state index contributed by atoms with van der Waals surface area (Å²) < 4.78 is 26.6. The third kappa shape index (κ3) is 2.83. The quantitative estimate of drug-likeness (QED) is 0.728. The van der Waals surface area contributed by atoms with E-state index in [9.17, 15) is 13.2 Å². The number of carbonyl (C=O) groups is 1. The summed E-state index contributed by atoms with van der Waals surface area (Å²) in [6.45, 7) is 1.39. The summed E-state index contributed by atoms with van der Waals surface area (Å²) >= 11 is 0. The molecule has 0 radical (unpaired) electrons. The van der Waals surface area contributed by atoms with Gasteiger partial charge in [-0.25, -0.2) is 22.9 Å². The number of aromatic carboxylic acids is 1. The van der Waals surface area contributed by atoms with Crippen LogP contribution >= 0.6 is 0 Å². The molecule has 1 aromatic carbocycles. The Labute approximate surface area is 114 Å². The molecule has 0 amide bonds. The average Bonchev–Trinajstić information content (AvgIpc) is 2.89. The van der Waals surface area contributed by atoms with Gasteiger partial charge in [0.1, 0.15) is 12.2 Å². The maximum Gasteiger partial charge on any atom is 0.335 e. The Morgan fingerprint density at radius 3 is 2.80 bits per heavy atom. The zero-order chi connectivity index (χ0) is 14.8. The number of sulfonamides is 1. The Balaban J connectivity index is 2.30. The molecule has 0 unspecified atom stereocenters. The van der Waals surface area contributed by atoms with Crippen molar-refractivity contribution >= 4 is 16.0 Å². The zero-order valence-corrected chi connectivity index (χ0v) is 11.3. The van der Waals surface area contributed by atoms with E-state index in [0.717, 1.165) is 0 Å². The third-order valence-corrected chi connectivity index (χ3v) is 4.24. The molecule has 0 fully saturated rings. The number of carboxylic acid groups (broad SMARTS) is 1. The second-order valence-corrected chi connectivity index (χ2v) is 5.73. The molecule has 2 aromatic rings. The molecular weight excluding hydrogens is 284 g/mol. The zero-order valence-electron chi connectivity index (χ0n) is 10.5. The fourth-order valence-corrected chi connectivity index (χ4v) is 2.95. The van der Waals surface area contributed by atoms with Crippen molar-refractivity contribution in [2.75, 3.05) is 0 Å². The van der Waals surface area contributed by atoms with Crippen LogP contribution in [0.5, 0.6) is 0 Å². The Bertz CT molecular complexity index is 725. The lowest BCUT2D eigenvalue weighted by Gasteiger charge is -2.10. The van der Waals surface area contributed by atoms with Gasteiger partial charge >= 0.3 is 5.97 Å². The van der Waals surface area contributed by atoms with Gasteiger partial charge in [0.05, 0.1) is 17.0 Å². The summed E-state index contributed by atoms with van der Waals surface area (Å²) in [5, 5.41) is 15.1. The van der Waals surface area contributed by atoms with Gasteiger partial charge in [-0.2, -0.15) is 5.10 Å². The first-order valence-electron chi connectivity index (χ1n) is 5.58. The fraction of sp³-hybridized carbons (Fsp3) is 0.182. The van der Waals surface area contributed by atoms with Crippen molar-refractivity contribution in [3.8, 4) is 0 Å². The minimum atomic E-state index is -3.82. The van der Waals surface area contributed by atoms with Gasteiger partial charge in [-0.3, -0.25) is 5.10 Å². The fourth-order valence-electron chi connectivity index (χ4n) is 1.69. The highest BCUT2D eigenvalue weighted by Crippen LogP contribution is 2.19. The molecule has 3 N–H and O–H groups in total. The van der Waals surface area contributed by atoms with Crippen LogP contribution in [0.15, 0.2) is 29.4 Å². The van der Waals surface area contributed by atoms with Crippen molar-refractivity contribution in [2.24, 2.45) is 0 Å². The van der Waals surface area contributed by atoms with Gasteiger partial charge in [0, 0.05) is 0 Å². The van der Waals surface area contributed by atoms with Crippen molar-refractivity contribution in [3.63, 3.8) is 0 Å². The molecule has 1 aromatic heterocycles. The predicted octanol–water partition coefficient (Wildman–Crippen LogP) is 0.290. The highest BCUT2D eigenvalue weighted by molar-refractivity contribution is 7.89. The van der Waals surface area contributed by atoms with Crippen molar-refractivity contribution < 1.29 is 18.3 Å². The Morgan fingerprint density at radius 2 is 2.20 bits per heavy atom. The SMILES string of the molecule is Cc1c(C(=O)O)cccc1S(=O)(=O)NCc1ncn[nH]1. The number of H-pyrrole nitrogens is 1. The molecule has 0 aliphatic carbocycles. The molecule has 0 aliphatic rings. The summed E-state index contributed by atoms with van der Waals surface area (Å²) in [7, 11) is -3.82. The van der Waals surface area contributed by atoms with Crippen molar-refractivity contribution in [1.29, 1.82) is 0 Å². The number of aromatic amines is 1. The molecular formula is C11H12N4O4S. The number of rotatable bonds is 5. The number of hydrogen-bond acceptors (Lipinski definition) is 5. The first-order valence-corrected chi connectivity index (χ1v) is 7.07. The number of hydrogen-bond donors (Lipinski definition) is 3. The molecule has 8 nitrogen and oxygen atoms in total. The van der Waals surface area contributed by atoms with E-state index in [-0.39, 0.29) is 22.6 Å². The second-order valence-electron chi connectivity index (χ2n) is 3.99. The molecule has 2 rings (SSSR count). The smallest absolute Gasteiger partial charge is 0.335 e. The van der Waals surface area contributed by atoms with Gasteiger partial charge in [0.15, 0.2) is 0 Å². The molecule has 0 saturated heterocycles. The van der Waals surface area contributed by atoms with Crippen molar-refractivity contribution in [3.05, 3.63) is 41.5 Å². The monoisotopic (exact) mass is 296 g/mol. The molecule has 20 heavy (non-hydrogen) atoms. The van der Waals surface area contributed by atoms with Crippen LogP contribution in [0.4, 0.5) is 0 Å². The average molecular weight is 296 g/mol. The van der Waals surface area contributed by atoms with Crippen LogP contribution in [0.3, 0.4) is 0 Å². The summed E-state index contributed by atoms with van der Waals surface area (Å²) in [5.41, 5.74) is 0.137. The van der Waals surface area contributed by atoms with Crippen molar-refractivity contribution in [2.45, 2.75) is 18.4 Å². The van der Waals surface area contributed by atoms with Gasteiger partial charge in [-0.1, -0.05) is 6.07 Å². The maximum absolute atomic E-state index is 12.2. The minimum absolute atomic E-state index is 0.0486. The number of nitrogens with zero attached hydrogens (tertiary/aromatic N) is 2. The molecule has 1 heterocycles. The lowest BCUT2D eigenvalue weighted by molar-refractivity contribution is 0.0696. The van der Waals surface area contributed by atoms with Gasteiger partial charge in [-0.05, 0) is 24.6 Å². The van der Waals surface area contributed by atoms with E-state index in [1.54, 1.807) is 0 Å². The number of aromatic nitrogens is 3. The lowest BCUT2D eigenvalue weighted by atomic mass is 10.1. The van der Waals surface area contributed by atoms with Gasteiger partial charge in [0.2, 0.25) is 10.0 Å². The third-order valence-electron chi connectivity index (χ3n) is 2.70. The van der Waals surface area contributed by atoms with E-state index in [2.05, 4.69) is 19.9 Å². The maximum atomic E-state index is 12.2. The standard InChI is InChI=1S/C11H12N4O4S/c1-7-8(11(16)17)3-2-4-9(7)20(18,19)14-5-10-12-6-13-15-10/h2-4,6,14H,5H2,1H3,(H,16,17)(H,12,13,15). The lowest BCUT2D eigenvalue weighted by Crippen LogP contribution is -2.25. The Kier molecular flexibility index (Phi) is 3.81. The highest BCUT2D eigenvalue weighted by Gasteiger charge is 2.20. The van der Waals surface area contributed by atoms with Gasteiger partial charge < -0.3 is 5.11 Å². The van der Waals surface area contributed by atoms with Gasteiger partial charge in [0.25, 0.3) is 0 Å². The van der Waals surface area contributed by atoms with Crippen LogP contribution in [0, 0.1) is 6.92 Å². The van der Waals surface area contributed by atoms with E-state index >= 15 is 0 Å². The Morgan fingerprint density at radius 1 is 1.45 bits per heavy atom. The van der Waals surface area contributed by atoms with E-state index in [4.69, 9.17) is 5.11 Å². The van der Waals surface area contributed by atoms with Crippen LogP contribution in [0.2, 0.25) is 0 Å². The molecule has 9 heteroatoms.